The van der Waals surface area contributed by atoms with Crippen LogP contribution in [0.15, 0.2) is 35.2 Å². The van der Waals surface area contributed by atoms with Crippen LogP contribution in [0.25, 0.3) is 0 Å². The van der Waals surface area contributed by atoms with E-state index in [0.29, 0.717) is 0 Å². The lowest BCUT2D eigenvalue weighted by molar-refractivity contribution is 0.166. The van der Waals surface area contributed by atoms with E-state index in [-0.39, 0.29) is 29.5 Å². The zero-order chi connectivity index (χ0) is 15.5. The Hall–Kier alpha value is -1.00. The zero-order valence-electron chi connectivity index (χ0n) is 11.3. The summed E-state index contributed by atoms with van der Waals surface area (Å²) < 4.78 is 48.9. The highest BCUT2D eigenvalue weighted by molar-refractivity contribution is 7.91. The van der Waals surface area contributed by atoms with E-state index in [0.717, 1.165) is 0 Å². The van der Waals surface area contributed by atoms with Crippen molar-refractivity contribution in [2.45, 2.75) is 17.0 Å². The van der Waals surface area contributed by atoms with Gasteiger partial charge in [-0.2, -0.15) is 0 Å². The summed E-state index contributed by atoms with van der Waals surface area (Å²) in [6, 6.07) is 7.42. The molecule has 0 aliphatic carbocycles. The number of benzene rings is 1. The van der Waals surface area contributed by atoms with Crippen LogP contribution in [0.4, 0.5) is 0 Å². The molecular weight excluding hydrogens is 316 g/mol. The normalized spacial score (nSPS) is 25.0. The molecule has 0 unspecified atom stereocenters. The minimum absolute atomic E-state index is 0.112. The maximum Gasteiger partial charge on any atom is 0.240 e. The molecule has 1 saturated heterocycles. The lowest BCUT2D eigenvalue weighted by atomic mass is 10.2. The molecule has 3 N–H and O–H groups in total. The Morgan fingerprint density at radius 2 is 1.81 bits per heavy atom. The van der Waals surface area contributed by atoms with Crippen molar-refractivity contribution in [1.82, 2.24) is 10.0 Å². The van der Waals surface area contributed by atoms with E-state index in [2.05, 4.69) is 10.0 Å². The fourth-order valence-corrected chi connectivity index (χ4v) is 4.98. The van der Waals surface area contributed by atoms with Gasteiger partial charge < -0.3 is 10.4 Å². The number of aliphatic hydroxyl groups excluding tert-OH is 1. The smallest absolute Gasteiger partial charge is 0.240 e. The van der Waals surface area contributed by atoms with Gasteiger partial charge in [0.15, 0.2) is 9.84 Å². The second-order valence-electron chi connectivity index (χ2n) is 4.92. The topological polar surface area (TPSA) is 113 Å². The van der Waals surface area contributed by atoms with Crippen LogP contribution in [0.5, 0.6) is 0 Å². The summed E-state index contributed by atoms with van der Waals surface area (Å²) in [5.74, 6) is -0.375. The van der Waals surface area contributed by atoms with Gasteiger partial charge in [-0.25, -0.2) is 21.6 Å². The predicted octanol–water partition coefficient (Wildman–Crippen LogP) is -1.29. The molecule has 2 atom stereocenters. The molecule has 1 aromatic rings. The van der Waals surface area contributed by atoms with Crippen LogP contribution in [-0.4, -0.2) is 58.7 Å². The monoisotopic (exact) mass is 334 g/mol. The van der Waals surface area contributed by atoms with E-state index >= 15 is 0 Å². The standard InChI is InChI=1S/C12H18N2O5S2/c15-12-9-20(16,17)8-11(12)13-6-7-14-21(18,19)10-4-2-1-3-5-10/h1-5,11-15H,6-9H2/t11-,12-/m0/s1. The van der Waals surface area contributed by atoms with Crippen molar-refractivity contribution in [3.05, 3.63) is 30.3 Å². The fourth-order valence-electron chi connectivity index (χ4n) is 2.15. The Kier molecular flexibility index (Phi) is 4.99. The zero-order valence-corrected chi connectivity index (χ0v) is 12.9. The third kappa shape index (κ3) is 4.48. The highest BCUT2D eigenvalue weighted by atomic mass is 32.2. The molecule has 0 spiro atoms. The Morgan fingerprint density at radius 3 is 2.38 bits per heavy atom. The van der Waals surface area contributed by atoms with Gasteiger partial charge in [0.1, 0.15) is 0 Å². The minimum atomic E-state index is -3.56. The van der Waals surface area contributed by atoms with Gasteiger partial charge in [0.25, 0.3) is 0 Å². The summed E-state index contributed by atoms with van der Waals surface area (Å²) >= 11 is 0. The van der Waals surface area contributed by atoms with Gasteiger partial charge in [-0.05, 0) is 12.1 Å². The van der Waals surface area contributed by atoms with Crippen LogP contribution in [0, 0.1) is 0 Å². The molecule has 0 radical (unpaired) electrons. The van der Waals surface area contributed by atoms with E-state index in [1.54, 1.807) is 18.2 Å². The van der Waals surface area contributed by atoms with E-state index in [4.69, 9.17) is 0 Å². The first kappa shape index (κ1) is 16.4. The van der Waals surface area contributed by atoms with Crippen molar-refractivity contribution >= 4 is 19.9 Å². The molecular formula is C12H18N2O5S2. The summed E-state index contributed by atoms with van der Waals surface area (Å²) in [7, 11) is -6.77. The largest absolute Gasteiger partial charge is 0.390 e. The molecule has 1 aromatic carbocycles. The average molecular weight is 334 g/mol. The molecule has 21 heavy (non-hydrogen) atoms. The molecule has 1 heterocycles. The Balaban J connectivity index is 1.80. The number of sulfonamides is 1. The maximum atomic E-state index is 11.9. The minimum Gasteiger partial charge on any atom is -0.390 e. The number of nitrogens with one attached hydrogen (secondary N) is 2. The molecule has 1 fully saturated rings. The molecule has 2 rings (SSSR count). The Morgan fingerprint density at radius 1 is 1.14 bits per heavy atom. The van der Waals surface area contributed by atoms with Gasteiger partial charge in [-0.15, -0.1) is 0 Å². The summed E-state index contributed by atoms with van der Waals surface area (Å²) in [5.41, 5.74) is 0. The van der Waals surface area contributed by atoms with Gasteiger partial charge in [0, 0.05) is 19.1 Å². The Bertz CT molecular complexity index is 673. The molecule has 0 bridgehead atoms. The highest BCUT2D eigenvalue weighted by Crippen LogP contribution is 2.12. The number of hydrogen-bond acceptors (Lipinski definition) is 6. The first-order valence-corrected chi connectivity index (χ1v) is 9.77. The molecule has 1 aliphatic heterocycles. The van der Waals surface area contributed by atoms with Crippen LogP contribution < -0.4 is 10.0 Å². The van der Waals surface area contributed by atoms with Crippen molar-refractivity contribution in [2.24, 2.45) is 0 Å². The number of aliphatic hydroxyl groups is 1. The number of sulfone groups is 1. The van der Waals surface area contributed by atoms with Gasteiger partial charge >= 0.3 is 0 Å². The Labute approximate surface area is 124 Å². The summed E-state index contributed by atoms with van der Waals surface area (Å²) in [6.45, 7) is 0.351. The lowest BCUT2D eigenvalue weighted by Crippen LogP contribution is -2.42. The first-order valence-electron chi connectivity index (χ1n) is 6.47. The summed E-state index contributed by atoms with van der Waals surface area (Å²) in [4.78, 5) is 0.175. The van der Waals surface area contributed by atoms with Crippen molar-refractivity contribution in [1.29, 1.82) is 0 Å². The summed E-state index contributed by atoms with van der Waals surface area (Å²) in [5, 5.41) is 12.4. The molecule has 9 heteroatoms. The van der Waals surface area contributed by atoms with E-state index < -0.39 is 32.0 Å². The van der Waals surface area contributed by atoms with Gasteiger partial charge in [-0.3, -0.25) is 0 Å². The second kappa shape index (κ2) is 6.41. The molecule has 7 nitrogen and oxygen atoms in total. The lowest BCUT2D eigenvalue weighted by Gasteiger charge is -2.15. The molecule has 0 aromatic heterocycles. The van der Waals surface area contributed by atoms with Gasteiger partial charge in [0.2, 0.25) is 10.0 Å². The second-order valence-corrected chi connectivity index (χ2v) is 8.84. The highest BCUT2D eigenvalue weighted by Gasteiger charge is 2.35. The third-order valence-corrected chi connectivity index (χ3v) is 6.39. The number of rotatable bonds is 6. The fraction of sp³-hybridized carbons (Fsp3) is 0.500. The maximum absolute atomic E-state index is 11.9. The molecule has 1 aliphatic rings. The first-order chi connectivity index (χ1) is 9.80. The van der Waals surface area contributed by atoms with Gasteiger partial charge in [0.05, 0.1) is 22.5 Å². The number of hydrogen-bond donors (Lipinski definition) is 3. The van der Waals surface area contributed by atoms with E-state index in [9.17, 15) is 21.9 Å². The van der Waals surface area contributed by atoms with E-state index in [1.807, 2.05) is 0 Å². The average Bonchev–Trinajstić information content (AvgIpc) is 2.68. The van der Waals surface area contributed by atoms with Crippen LogP contribution in [0.3, 0.4) is 0 Å². The van der Waals surface area contributed by atoms with Crippen LogP contribution in [-0.2, 0) is 19.9 Å². The molecule has 0 saturated carbocycles. The van der Waals surface area contributed by atoms with Crippen molar-refractivity contribution in [3.63, 3.8) is 0 Å². The van der Waals surface area contributed by atoms with Crippen LogP contribution >= 0.6 is 0 Å². The third-order valence-electron chi connectivity index (χ3n) is 3.20. The van der Waals surface area contributed by atoms with Crippen molar-refractivity contribution in [2.75, 3.05) is 24.6 Å². The molecule has 118 valence electrons. The predicted molar refractivity (Wildman–Crippen MR) is 78.1 cm³/mol. The van der Waals surface area contributed by atoms with E-state index in [1.165, 1.54) is 12.1 Å². The SMILES string of the molecule is O=S1(=O)C[C@H](NCCNS(=O)(=O)c2ccccc2)[C@@H](O)C1. The quantitative estimate of drug-likeness (QED) is 0.558. The summed E-state index contributed by atoms with van der Waals surface area (Å²) in [6.07, 6.45) is -0.944. The van der Waals surface area contributed by atoms with Crippen LogP contribution in [0.2, 0.25) is 0 Å². The van der Waals surface area contributed by atoms with Gasteiger partial charge in [-0.1, -0.05) is 18.2 Å². The van der Waals surface area contributed by atoms with Crippen molar-refractivity contribution in [3.8, 4) is 0 Å². The van der Waals surface area contributed by atoms with Crippen molar-refractivity contribution < 1.29 is 21.9 Å². The van der Waals surface area contributed by atoms with Crippen LogP contribution in [0.1, 0.15) is 0 Å². The molecule has 0 amide bonds.